The Morgan fingerprint density at radius 2 is 1.40 bits per heavy atom. The summed E-state index contributed by atoms with van der Waals surface area (Å²) in [5.41, 5.74) is 0. The lowest BCUT2D eigenvalue weighted by Crippen LogP contribution is -2.37. The highest BCUT2D eigenvalue weighted by molar-refractivity contribution is 4.80. The Kier molecular flexibility index (Phi) is 7.14. The van der Waals surface area contributed by atoms with Crippen LogP contribution in [0.3, 0.4) is 0 Å². The second-order valence-corrected chi connectivity index (χ2v) is 4.56. The van der Waals surface area contributed by atoms with Gasteiger partial charge in [-0.05, 0) is 26.2 Å². The van der Waals surface area contributed by atoms with Gasteiger partial charge in [-0.3, -0.25) is 0 Å². The van der Waals surface area contributed by atoms with Gasteiger partial charge in [0.15, 0.2) is 0 Å². The van der Waals surface area contributed by atoms with E-state index >= 15 is 0 Å². The summed E-state index contributed by atoms with van der Waals surface area (Å²) in [6, 6.07) is 0. The SMILES string of the molecule is CCC(CC)C(O)C(CC(C)O)C(C)O. The van der Waals surface area contributed by atoms with Gasteiger partial charge in [-0.25, -0.2) is 0 Å². The molecule has 0 saturated heterocycles. The molecule has 0 rings (SSSR count). The van der Waals surface area contributed by atoms with Gasteiger partial charge >= 0.3 is 0 Å². The van der Waals surface area contributed by atoms with Gasteiger partial charge in [0, 0.05) is 5.92 Å². The zero-order valence-corrected chi connectivity index (χ0v) is 10.3. The molecule has 0 saturated carbocycles. The molecule has 0 aromatic heterocycles. The van der Waals surface area contributed by atoms with E-state index in [2.05, 4.69) is 0 Å². The molecule has 92 valence electrons. The molecular formula is C12H26O3. The second kappa shape index (κ2) is 7.20. The van der Waals surface area contributed by atoms with Gasteiger partial charge in [0.1, 0.15) is 0 Å². The molecule has 3 heteroatoms. The van der Waals surface area contributed by atoms with Crippen LogP contribution >= 0.6 is 0 Å². The number of aliphatic hydroxyl groups is 3. The van der Waals surface area contributed by atoms with Gasteiger partial charge in [-0.1, -0.05) is 26.7 Å². The van der Waals surface area contributed by atoms with Crippen molar-refractivity contribution in [1.82, 2.24) is 0 Å². The third-order valence-corrected chi connectivity index (χ3v) is 3.20. The molecule has 0 radical (unpaired) electrons. The van der Waals surface area contributed by atoms with E-state index in [0.29, 0.717) is 6.42 Å². The van der Waals surface area contributed by atoms with Crippen molar-refractivity contribution in [3.63, 3.8) is 0 Å². The lowest BCUT2D eigenvalue weighted by Gasteiger charge is -2.31. The zero-order valence-electron chi connectivity index (χ0n) is 10.3. The fourth-order valence-electron chi connectivity index (χ4n) is 2.14. The second-order valence-electron chi connectivity index (χ2n) is 4.56. The van der Waals surface area contributed by atoms with E-state index in [-0.39, 0.29) is 11.8 Å². The smallest absolute Gasteiger partial charge is 0.0621 e. The first-order valence-electron chi connectivity index (χ1n) is 5.98. The molecule has 0 bridgehead atoms. The summed E-state index contributed by atoms with van der Waals surface area (Å²) < 4.78 is 0. The molecular weight excluding hydrogens is 192 g/mol. The molecule has 0 aromatic rings. The van der Waals surface area contributed by atoms with E-state index in [1.807, 2.05) is 13.8 Å². The number of aliphatic hydroxyl groups excluding tert-OH is 3. The van der Waals surface area contributed by atoms with Gasteiger partial charge in [-0.2, -0.15) is 0 Å². The van der Waals surface area contributed by atoms with Crippen molar-refractivity contribution in [3.05, 3.63) is 0 Å². The lowest BCUT2D eigenvalue weighted by atomic mass is 9.82. The quantitative estimate of drug-likeness (QED) is 0.607. The highest BCUT2D eigenvalue weighted by Crippen LogP contribution is 2.25. The molecule has 3 nitrogen and oxygen atoms in total. The Labute approximate surface area is 93.1 Å². The fourth-order valence-corrected chi connectivity index (χ4v) is 2.14. The first-order valence-corrected chi connectivity index (χ1v) is 5.98. The Bertz CT molecular complexity index is 153. The standard InChI is InChI=1S/C12H26O3/c1-5-10(6-2)12(15)11(9(4)14)7-8(3)13/h8-15H,5-7H2,1-4H3. The first kappa shape index (κ1) is 14.9. The monoisotopic (exact) mass is 218 g/mol. The number of rotatable bonds is 7. The average molecular weight is 218 g/mol. The van der Waals surface area contributed by atoms with E-state index in [4.69, 9.17) is 0 Å². The average Bonchev–Trinajstić information content (AvgIpc) is 2.15. The molecule has 4 unspecified atom stereocenters. The van der Waals surface area contributed by atoms with E-state index < -0.39 is 18.3 Å². The Morgan fingerprint density at radius 1 is 0.933 bits per heavy atom. The van der Waals surface area contributed by atoms with Gasteiger partial charge in [0.25, 0.3) is 0 Å². The third kappa shape index (κ3) is 4.96. The van der Waals surface area contributed by atoms with Crippen LogP contribution in [-0.2, 0) is 0 Å². The Morgan fingerprint density at radius 3 is 1.67 bits per heavy atom. The van der Waals surface area contributed by atoms with Crippen molar-refractivity contribution >= 4 is 0 Å². The third-order valence-electron chi connectivity index (χ3n) is 3.20. The number of hydrogen-bond acceptors (Lipinski definition) is 3. The van der Waals surface area contributed by atoms with Crippen molar-refractivity contribution in [2.45, 2.75) is 65.3 Å². The molecule has 0 aliphatic rings. The topological polar surface area (TPSA) is 60.7 Å². The van der Waals surface area contributed by atoms with Crippen molar-refractivity contribution < 1.29 is 15.3 Å². The molecule has 0 aliphatic carbocycles. The van der Waals surface area contributed by atoms with Crippen LogP contribution in [0.15, 0.2) is 0 Å². The van der Waals surface area contributed by atoms with Crippen LogP contribution in [0.4, 0.5) is 0 Å². The van der Waals surface area contributed by atoms with Crippen LogP contribution in [-0.4, -0.2) is 33.6 Å². The molecule has 0 spiro atoms. The van der Waals surface area contributed by atoms with Gasteiger partial charge < -0.3 is 15.3 Å². The minimum Gasteiger partial charge on any atom is -0.393 e. The molecule has 0 heterocycles. The number of hydrogen-bond donors (Lipinski definition) is 3. The van der Waals surface area contributed by atoms with Crippen molar-refractivity contribution in [1.29, 1.82) is 0 Å². The van der Waals surface area contributed by atoms with Crippen LogP contribution in [0.2, 0.25) is 0 Å². The van der Waals surface area contributed by atoms with Crippen LogP contribution in [0, 0.1) is 11.8 Å². The highest BCUT2D eigenvalue weighted by Gasteiger charge is 2.29. The minimum atomic E-state index is -0.574. The molecule has 0 fully saturated rings. The molecule has 15 heavy (non-hydrogen) atoms. The van der Waals surface area contributed by atoms with Crippen LogP contribution in [0.1, 0.15) is 47.0 Å². The molecule has 0 aliphatic heterocycles. The lowest BCUT2D eigenvalue weighted by molar-refractivity contribution is -0.0335. The van der Waals surface area contributed by atoms with Crippen molar-refractivity contribution in [3.8, 4) is 0 Å². The maximum absolute atomic E-state index is 10.1. The summed E-state index contributed by atoms with van der Waals surface area (Å²) in [5.74, 6) is -0.0155. The van der Waals surface area contributed by atoms with Crippen LogP contribution in [0.25, 0.3) is 0 Å². The van der Waals surface area contributed by atoms with E-state index in [9.17, 15) is 15.3 Å². The largest absolute Gasteiger partial charge is 0.393 e. The molecule has 4 atom stereocenters. The van der Waals surface area contributed by atoms with Crippen molar-refractivity contribution in [2.24, 2.45) is 11.8 Å². The zero-order chi connectivity index (χ0) is 12.0. The van der Waals surface area contributed by atoms with Gasteiger partial charge in [-0.15, -0.1) is 0 Å². The van der Waals surface area contributed by atoms with Gasteiger partial charge in [0.2, 0.25) is 0 Å². The summed E-state index contributed by atoms with van der Waals surface area (Å²) in [7, 11) is 0. The summed E-state index contributed by atoms with van der Waals surface area (Å²) in [4.78, 5) is 0. The summed E-state index contributed by atoms with van der Waals surface area (Å²) >= 11 is 0. The summed E-state index contributed by atoms with van der Waals surface area (Å²) in [5, 5.41) is 29.0. The molecule has 3 N–H and O–H groups in total. The van der Waals surface area contributed by atoms with E-state index in [0.717, 1.165) is 12.8 Å². The summed E-state index contributed by atoms with van der Waals surface area (Å²) in [6.07, 6.45) is 0.690. The maximum atomic E-state index is 10.1. The van der Waals surface area contributed by atoms with Gasteiger partial charge in [0.05, 0.1) is 18.3 Å². The normalized spacial score (nSPS) is 20.0. The predicted octanol–water partition coefficient (Wildman–Crippen LogP) is 1.55. The van der Waals surface area contributed by atoms with Crippen molar-refractivity contribution in [2.75, 3.05) is 0 Å². The Hall–Kier alpha value is -0.120. The first-order chi connectivity index (χ1) is 6.93. The highest BCUT2D eigenvalue weighted by atomic mass is 16.3. The maximum Gasteiger partial charge on any atom is 0.0621 e. The van der Waals surface area contributed by atoms with E-state index in [1.165, 1.54) is 0 Å². The Balaban J connectivity index is 4.45. The summed E-state index contributed by atoms with van der Waals surface area (Å²) in [6.45, 7) is 7.45. The molecule has 0 aromatic carbocycles. The predicted molar refractivity (Wildman–Crippen MR) is 61.5 cm³/mol. The fraction of sp³-hybridized carbons (Fsp3) is 1.00. The van der Waals surface area contributed by atoms with Crippen LogP contribution in [0.5, 0.6) is 0 Å². The molecule has 0 amide bonds. The minimum absolute atomic E-state index is 0.211. The van der Waals surface area contributed by atoms with E-state index in [1.54, 1.807) is 13.8 Å². The van der Waals surface area contributed by atoms with Crippen LogP contribution < -0.4 is 0 Å².